The molecule has 0 aliphatic rings. The number of hydrogen-bond acceptors (Lipinski definition) is 4. The molecule has 0 fully saturated rings. The molecule has 2 aromatic carbocycles. The Kier molecular flexibility index (Phi) is 7.35. The number of hydrogen-bond donors (Lipinski definition) is 1. The second kappa shape index (κ2) is 10.6. The van der Waals surface area contributed by atoms with Gasteiger partial charge in [-0.2, -0.15) is 0 Å². The summed E-state index contributed by atoms with van der Waals surface area (Å²) >= 11 is 12.2. The van der Waals surface area contributed by atoms with E-state index in [9.17, 15) is 9.59 Å². The molecule has 2 aromatic heterocycles. The Morgan fingerprint density at radius 3 is 2.53 bits per heavy atom. The molecular formula is C25H22Cl2N4O3. The molecule has 2 amide bonds. The Balaban J connectivity index is 1.61. The van der Waals surface area contributed by atoms with Crippen molar-refractivity contribution >= 4 is 41.0 Å². The van der Waals surface area contributed by atoms with E-state index in [1.54, 1.807) is 47.9 Å². The van der Waals surface area contributed by atoms with Gasteiger partial charge in [0.25, 0.3) is 0 Å². The van der Waals surface area contributed by atoms with Crippen molar-refractivity contribution in [3.05, 3.63) is 88.9 Å². The fraction of sp³-hybridized carbons (Fsp3) is 0.160. The Hall–Kier alpha value is -3.55. The van der Waals surface area contributed by atoms with Crippen LogP contribution in [0.15, 0.2) is 77.5 Å². The van der Waals surface area contributed by atoms with Crippen LogP contribution in [0.25, 0.3) is 16.9 Å². The van der Waals surface area contributed by atoms with Crippen LogP contribution in [0.4, 0.5) is 5.95 Å². The lowest BCUT2D eigenvalue weighted by Crippen LogP contribution is -2.37. The Morgan fingerprint density at radius 2 is 1.85 bits per heavy atom. The molecule has 0 radical (unpaired) electrons. The van der Waals surface area contributed by atoms with Gasteiger partial charge in [-0.05, 0) is 42.5 Å². The molecule has 0 atom stereocenters. The number of carbonyl (C=O) groups is 2. The maximum Gasteiger partial charge on any atom is 0.246 e. The van der Waals surface area contributed by atoms with Gasteiger partial charge < -0.3 is 9.32 Å². The maximum absolute atomic E-state index is 13.0. The van der Waals surface area contributed by atoms with E-state index in [4.69, 9.17) is 27.6 Å². The number of halogens is 2. The van der Waals surface area contributed by atoms with E-state index in [1.807, 2.05) is 30.5 Å². The van der Waals surface area contributed by atoms with Crippen molar-refractivity contribution in [2.75, 3.05) is 11.9 Å². The quantitative estimate of drug-likeness (QED) is 0.333. The first kappa shape index (κ1) is 23.6. The molecule has 0 bridgehead atoms. The van der Waals surface area contributed by atoms with Gasteiger partial charge >= 0.3 is 0 Å². The van der Waals surface area contributed by atoms with Gasteiger partial charge in [-0.25, -0.2) is 4.98 Å². The summed E-state index contributed by atoms with van der Waals surface area (Å²) < 4.78 is 7.09. The number of nitrogens with zero attached hydrogens (tertiary/aromatic N) is 3. The van der Waals surface area contributed by atoms with Crippen LogP contribution in [0.2, 0.25) is 10.0 Å². The molecule has 4 rings (SSSR count). The Labute approximate surface area is 206 Å². The number of anilines is 1. The minimum absolute atomic E-state index is 0.147. The van der Waals surface area contributed by atoms with Crippen LogP contribution in [0.3, 0.4) is 0 Å². The first-order chi connectivity index (χ1) is 16.4. The van der Waals surface area contributed by atoms with E-state index < -0.39 is 0 Å². The van der Waals surface area contributed by atoms with Crippen LogP contribution in [0, 0.1) is 0 Å². The highest BCUT2D eigenvalue weighted by atomic mass is 35.5. The number of rotatable bonds is 8. The third kappa shape index (κ3) is 5.68. The van der Waals surface area contributed by atoms with Crippen molar-refractivity contribution in [1.82, 2.24) is 14.5 Å². The standard InChI is InChI=1S/C25H22Cl2N4O3/c1-2-24(33)30(14-21-7-4-12-34-21)16-23(32)29-25-28-22(17-8-10-18(26)11-9-17)15-31(25)20-6-3-5-19(27)13-20/h3-13,15H,2,14,16H2,1H3,(H,28,29,32). The van der Waals surface area contributed by atoms with Gasteiger partial charge in [-0.3, -0.25) is 19.5 Å². The van der Waals surface area contributed by atoms with Gasteiger partial charge in [0.1, 0.15) is 12.3 Å². The minimum Gasteiger partial charge on any atom is -0.467 e. The van der Waals surface area contributed by atoms with Gasteiger partial charge in [0.05, 0.1) is 18.5 Å². The molecule has 0 spiro atoms. The minimum atomic E-state index is -0.384. The normalized spacial score (nSPS) is 10.8. The number of furan rings is 1. The molecule has 7 nitrogen and oxygen atoms in total. The van der Waals surface area contributed by atoms with E-state index in [1.165, 1.54) is 11.2 Å². The smallest absolute Gasteiger partial charge is 0.246 e. The van der Waals surface area contributed by atoms with Gasteiger partial charge in [0, 0.05) is 33.9 Å². The number of amides is 2. The number of benzene rings is 2. The number of carbonyl (C=O) groups excluding carboxylic acids is 2. The fourth-order valence-corrected chi connectivity index (χ4v) is 3.75. The van der Waals surface area contributed by atoms with E-state index in [0.29, 0.717) is 27.4 Å². The van der Waals surface area contributed by atoms with Crippen molar-refractivity contribution < 1.29 is 14.0 Å². The lowest BCUT2D eigenvalue weighted by molar-refractivity contribution is -0.135. The monoisotopic (exact) mass is 496 g/mol. The molecule has 34 heavy (non-hydrogen) atoms. The lowest BCUT2D eigenvalue weighted by Gasteiger charge is -2.20. The van der Waals surface area contributed by atoms with Gasteiger partial charge in [-0.1, -0.05) is 48.3 Å². The van der Waals surface area contributed by atoms with Crippen molar-refractivity contribution in [2.45, 2.75) is 19.9 Å². The van der Waals surface area contributed by atoms with Crippen molar-refractivity contribution in [2.24, 2.45) is 0 Å². The summed E-state index contributed by atoms with van der Waals surface area (Å²) in [6.45, 7) is 1.80. The largest absolute Gasteiger partial charge is 0.467 e. The van der Waals surface area contributed by atoms with Crippen LogP contribution in [0.1, 0.15) is 19.1 Å². The molecule has 4 aromatic rings. The highest BCUT2D eigenvalue weighted by molar-refractivity contribution is 6.31. The molecule has 0 aliphatic carbocycles. The molecule has 0 saturated heterocycles. The fourth-order valence-electron chi connectivity index (χ4n) is 3.44. The van der Waals surface area contributed by atoms with E-state index in [0.717, 1.165) is 11.3 Å². The lowest BCUT2D eigenvalue weighted by atomic mass is 10.2. The van der Waals surface area contributed by atoms with Crippen LogP contribution in [-0.2, 0) is 16.1 Å². The zero-order chi connectivity index (χ0) is 24.1. The molecular weight excluding hydrogens is 475 g/mol. The van der Waals surface area contributed by atoms with Crippen LogP contribution in [-0.4, -0.2) is 32.8 Å². The molecule has 174 valence electrons. The highest BCUT2D eigenvalue weighted by Crippen LogP contribution is 2.26. The van der Waals surface area contributed by atoms with Crippen molar-refractivity contribution in [3.8, 4) is 16.9 Å². The second-order valence-corrected chi connectivity index (χ2v) is 8.41. The number of aromatic nitrogens is 2. The summed E-state index contributed by atoms with van der Waals surface area (Å²) in [5.74, 6) is 0.357. The predicted octanol–water partition coefficient (Wildman–Crippen LogP) is 5.82. The zero-order valence-electron chi connectivity index (χ0n) is 18.4. The number of nitrogens with one attached hydrogen (secondary N) is 1. The molecule has 2 heterocycles. The van der Waals surface area contributed by atoms with E-state index in [-0.39, 0.29) is 31.3 Å². The zero-order valence-corrected chi connectivity index (χ0v) is 19.9. The molecule has 0 saturated carbocycles. The summed E-state index contributed by atoms with van der Waals surface area (Å²) in [7, 11) is 0. The third-order valence-electron chi connectivity index (χ3n) is 5.10. The molecule has 0 unspecified atom stereocenters. The van der Waals surface area contributed by atoms with Gasteiger partial charge in [0.2, 0.25) is 17.8 Å². The van der Waals surface area contributed by atoms with E-state index >= 15 is 0 Å². The Morgan fingerprint density at radius 1 is 1.06 bits per heavy atom. The summed E-state index contributed by atoms with van der Waals surface area (Å²) in [4.78, 5) is 31.5. The van der Waals surface area contributed by atoms with Crippen LogP contribution >= 0.6 is 23.2 Å². The summed E-state index contributed by atoms with van der Waals surface area (Å²) in [6, 6.07) is 18.0. The maximum atomic E-state index is 13.0. The third-order valence-corrected chi connectivity index (χ3v) is 5.59. The van der Waals surface area contributed by atoms with E-state index in [2.05, 4.69) is 10.3 Å². The highest BCUT2D eigenvalue weighted by Gasteiger charge is 2.20. The second-order valence-electron chi connectivity index (χ2n) is 7.54. The van der Waals surface area contributed by atoms with Crippen LogP contribution in [0.5, 0.6) is 0 Å². The van der Waals surface area contributed by atoms with Crippen LogP contribution < -0.4 is 5.32 Å². The molecule has 0 aliphatic heterocycles. The topological polar surface area (TPSA) is 80.4 Å². The van der Waals surface area contributed by atoms with Gasteiger partial charge in [0.15, 0.2) is 0 Å². The molecule has 1 N–H and O–H groups in total. The summed E-state index contributed by atoms with van der Waals surface area (Å²) in [5.41, 5.74) is 2.21. The van der Waals surface area contributed by atoms with Crippen molar-refractivity contribution in [1.29, 1.82) is 0 Å². The summed E-state index contributed by atoms with van der Waals surface area (Å²) in [5, 5.41) is 4.00. The first-order valence-corrected chi connectivity index (χ1v) is 11.4. The first-order valence-electron chi connectivity index (χ1n) is 10.6. The predicted molar refractivity (Wildman–Crippen MR) is 132 cm³/mol. The number of imidazole rings is 1. The average Bonchev–Trinajstić information content (AvgIpc) is 3.49. The molecule has 9 heteroatoms. The Bertz CT molecular complexity index is 1280. The summed E-state index contributed by atoms with van der Waals surface area (Å²) in [6.07, 6.45) is 3.61. The average molecular weight is 497 g/mol. The SMILES string of the molecule is CCC(=O)N(CC(=O)Nc1nc(-c2ccc(Cl)cc2)cn1-c1cccc(Cl)c1)Cc1ccco1. The van der Waals surface area contributed by atoms with Crippen molar-refractivity contribution in [3.63, 3.8) is 0 Å². The van der Waals surface area contributed by atoms with Gasteiger partial charge in [-0.15, -0.1) is 0 Å².